The number of ketones is 1. The fraction of sp³-hybridized carbons (Fsp3) is 0.294. The van der Waals surface area contributed by atoms with Gasteiger partial charge >= 0.3 is 12.1 Å². The molecule has 8 nitrogen and oxygen atoms in total. The van der Waals surface area contributed by atoms with E-state index in [2.05, 4.69) is 0 Å². The van der Waals surface area contributed by atoms with E-state index in [9.17, 15) is 27.9 Å². The molecule has 0 bridgehead atoms. The first-order valence-corrected chi connectivity index (χ1v) is 14.1. The molecule has 0 unspecified atom stereocenters. The Morgan fingerprint density at radius 1 is 0.733 bits per heavy atom. The van der Waals surface area contributed by atoms with Crippen LogP contribution in [-0.4, -0.2) is 51.4 Å². The number of phenolic OH excluding ortho intramolecular Hbond substituents is 1. The van der Waals surface area contributed by atoms with Crippen molar-refractivity contribution in [3.63, 3.8) is 0 Å². The first-order valence-electron chi connectivity index (χ1n) is 14.1. The van der Waals surface area contributed by atoms with Crippen LogP contribution in [0.1, 0.15) is 58.5 Å². The summed E-state index contributed by atoms with van der Waals surface area (Å²) in [5.74, 6) is -1.09. The molecule has 0 saturated heterocycles. The Balaban J connectivity index is 2.15. The number of carbonyl (C=O) groups is 2. The zero-order valence-corrected chi connectivity index (χ0v) is 25.5. The van der Waals surface area contributed by atoms with E-state index in [1.54, 1.807) is 24.3 Å². The van der Waals surface area contributed by atoms with E-state index < -0.39 is 34.8 Å². The van der Waals surface area contributed by atoms with Crippen LogP contribution in [0.25, 0.3) is 21.9 Å². The van der Waals surface area contributed by atoms with Gasteiger partial charge in [-0.2, -0.15) is 13.2 Å². The number of aromatic hydroxyl groups is 1. The lowest BCUT2D eigenvalue weighted by molar-refractivity contribution is -0.137. The molecule has 0 heterocycles. The van der Waals surface area contributed by atoms with Crippen molar-refractivity contribution in [1.82, 2.24) is 0 Å². The lowest BCUT2D eigenvalue weighted by atomic mass is 9.85. The number of phenols is 1. The van der Waals surface area contributed by atoms with Crippen molar-refractivity contribution in [2.24, 2.45) is 0 Å². The maximum absolute atomic E-state index is 14.0. The maximum atomic E-state index is 14.0. The molecule has 238 valence electrons. The number of methoxy groups -OCH3 is 3. The van der Waals surface area contributed by atoms with Crippen LogP contribution in [0.2, 0.25) is 0 Å². The summed E-state index contributed by atoms with van der Waals surface area (Å²) in [5.41, 5.74) is -1.33. The number of rotatable bonds is 12. The molecule has 11 heteroatoms. The minimum atomic E-state index is -4.63. The number of hydrogen-bond acceptors (Lipinski definition) is 8. The molecule has 4 aromatic rings. The summed E-state index contributed by atoms with van der Waals surface area (Å²) in [5, 5.41) is 12.2. The average Bonchev–Trinajstić information content (AvgIpc) is 3.04. The summed E-state index contributed by atoms with van der Waals surface area (Å²) in [7, 11) is 4.01. The minimum absolute atomic E-state index is 0.137. The number of carbonyl (C=O) groups excluding carboxylic acids is 2. The minimum Gasteiger partial charge on any atom is -0.506 e. The fourth-order valence-corrected chi connectivity index (χ4v) is 4.90. The summed E-state index contributed by atoms with van der Waals surface area (Å²) in [6.07, 6.45) is -3.27. The molecule has 1 N–H and O–H groups in total. The Labute approximate surface area is 258 Å². The van der Waals surface area contributed by atoms with Gasteiger partial charge in [0.15, 0.2) is 28.8 Å². The number of benzene rings is 4. The van der Waals surface area contributed by atoms with Gasteiger partial charge in [-0.05, 0) is 60.2 Å². The topological polar surface area (TPSA) is 101 Å². The van der Waals surface area contributed by atoms with Crippen LogP contribution in [0, 0.1) is 0 Å². The molecule has 45 heavy (non-hydrogen) atoms. The van der Waals surface area contributed by atoms with Crippen LogP contribution in [0.5, 0.6) is 28.7 Å². The Kier molecular flexibility index (Phi) is 10.1. The molecule has 0 atom stereocenters. The van der Waals surface area contributed by atoms with Gasteiger partial charge in [0.25, 0.3) is 0 Å². The summed E-state index contributed by atoms with van der Waals surface area (Å²) in [4.78, 5) is 27.6. The third-order valence-corrected chi connectivity index (χ3v) is 7.03. The number of esters is 1. The smallest absolute Gasteiger partial charge is 0.416 e. The predicted octanol–water partition coefficient (Wildman–Crippen LogP) is 7.84. The Hall–Kier alpha value is -4.93. The predicted molar refractivity (Wildman–Crippen MR) is 162 cm³/mol. The lowest BCUT2D eigenvalue weighted by Crippen LogP contribution is -2.15. The van der Waals surface area contributed by atoms with Crippen molar-refractivity contribution in [2.45, 2.75) is 32.9 Å². The molecular weight excluding hydrogens is 593 g/mol. The van der Waals surface area contributed by atoms with Crippen LogP contribution < -0.4 is 18.9 Å². The van der Waals surface area contributed by atoms with Crippen molar-refractivity contribution >= 4 is 22.5 Å². The standard InChI is InChI=1S/C34H33F3O8/c1-6-14-44-26-17-22-23(18-27(26)45-15-7-2)32(39)30(31(38)19-8-11-21(12-9-19)34(35,36)37)29(33(40)43-5)28(22)20-10-13-24(41-3)25(16-20)42-4/h8-13,16-18,39H,6-7,14-15H2,1-5H3. The van der Waals surface area contributed by atoms with Gasteiger partial charge in [-0.3, -0.25) is 4.79 Å². The number of alkyl halides is 3. The highest BCUT2D eigenvalue weighted by Crippen LogP contribution is 2.47. The Morgan fingerprint density at radius 2 is 1.31 bits per heavy atom. The second kappa shape index (κ2) is 13.8. The normalized spacial score (nSPS) is 11.3. The van der Waals surface area contributed by atoms with Gasteiger partial charge in [0, 0.05) is 16.5 Å². The van der Waals surface area contributed by atoms with Gasteiger partial charge in [-0.1, -0.05) is 32.0 Å². The highest BCUT2D eigenvalue weighted by molar-refractivity contribution is 6.23. The molecule has 0 aliphatic rings. The van der Waals surface area contributed by atoms with Crippen molar-refractivity contribution < 1.29 is 51.6 Å². The molecule has 4 aromatic carbocycles. The van der Waals surface area contributed by atoms with E-state index in [1.807, 2.05) is 13.8 Å². The Bertz CT molecular complexity index is 1710. The molecule has 4 rings (SSSR count). The van der Waals surface area contributed by atoms with Crippen molar-refractivity contribution in [3.05, 3.63) is 76.9 Å². The molecular formula is C34H33F3O8. The van der Waals surface area contributed by atoms with Crippen molar-refractivity contribution in [2.75, 3.05) is 34.5 Å². The lowest BCUT2D eigenvalue weighted by Gasteiger charge is -2.21. The molecule has 0 aliphatic heterocycles. The fourth-order valence-electron chi connectivity index (χ4n) is 4.90. The average molecular weight is 627 g/mol. The number of hydrogen-bond donors (Lipinski definition) is 1. The number of ether oxygens (including phenoxy) is 5. The van der Waals surface area contributed by atoms with Gasteiger partial charge in [-0.15, -0.1) is 0 Å². The first-order chi connectivity index (χ1) is 21.5. The summed E-state index contributed by atoms with van der Waals surface area (Å²) >= 11 is 0. The summed E-state index contributed by atoms with van der Waals surface area (Å²) < 4.78 is 67.7. The van der Waals surface area contributed by atoms with E-state index in [1.165, 1.54) is 20.3 Å². The van der Waals surface area contributed by atoms with E-state index in [4.69, 9.17) is 23.7 Å². The zero-order chi connectivity index (χ0) is 32.9. The van der Waals surface area contributed by atoms with Gasteiger partial charge in [0.05, 0.1) is 51.2 Å². The zero-order valence-electron chi connectivity index (χ0n) is 25.5. The largest absolute Gasteiger partial charge is 0.506 e. The van der Waals surface area contributed by atoms with Crippen LogP contribution in [0.3, 0.4) is 0 Å². The van der Waals surface area contributed by atoms with Crippen LogP contribution in [0.15, 0.2) is 54.6 Å². The third-order valence-electron chi connectivity index (χ3n) is 7.03. The molecule has 0 spiro atoms. The SMILES string of the molecule is CCCOc1cc2c(O)c(C(=O)c3ccc(C(F)(F)F)cc3)c(C(=O)OC)c(-c3ccc(OC)c(OC)c3)c2cc1OCCC. The molecule has 0 saturated carbocycles. The summed E-state index contributed by atoms with van der Waals surface area (Å²) in [6, 6.07) is 11.5. The van der Waals surface area contributed by atoms with Gasteiger partial charge in [0.2, 0.25) is 0 Å². The molecule has 0 amide bonds. The quantitative estimate of drug-likeness (QED) is 0.125. The molecule has 0 aliphatic carbocycles. The highest BCUT2D eigenvalue weighted by atomic mass is 19.4. The molecule has 0 radical (unpaired) electrons. The number of halogens is 3. The Morgan fingerprint density at radius 3 is 1.82 bits per heavy atom. The second-order valence-corrected chi connectivity index (χ2v) is 9.98. The third kappa shape index (κ3) is 6.62. The van der Waals surface area contributed by atoms with Gasteiger partial charge < -0.3 is 28.8 Å². The highest BCUT2D eigenvalue weighted by Gasteiger charge is 2.33. The molecule has 0 aromatic heterocycles. The van der Waals surface area contributed by atoms with E-state index in [0.717, 1.165) is 31.4 Å². The second-order valence-electron chi connectivity index (χ2n) is 9.98. The van der Waals surface area contributed by atoms with Gasteiger partial charge in [0.1, 0.15) is 5.75 Å². The number of fused-ring (bicyclic) bond motifs is 1. The van der Waals surface area contributed by atoms with E-state index >= 15 is 0 Å². The van der Waals surface area contributed by atoms with E-state index in [-0.39, 0.29) is 22.1 Å². The van der Waals surface area contributed by atoms with Crippen LogP contribution in [-0.2, 0) is 10.9 Å². The maximum Gasteiger partial charge on any atom is 0.416 e. The van der Waals surface area contributed by atoms with Gasteiger partial charge in [-0.25, -0.2) is 4.79 Å². The van der Waals surface area contributed by atoms with Crippen molar-refractivity contribution in [1.29, 1.82) is 0 Å². The molecule has 0 fully saturated rings. The van der Waals surface area contributed by atoms with Crippen LogP contribution in [0.4, 0.5) is 13.2 Å². The first kappa shape index (κ1) is 33.0. The monoisotopic (exact) mass is 626 g/mol. The van der Waals surface area contributed by atoms with Crippen molar-refractivity contribution in [3.8, 4) is 39.9 Å². The van der Waals surface area contributed by atoms with Crippen LogP contribution >= 0.6 is 0 Å². The van der Waals surface area contributed by atoms with E-state index in [0.29, 0.717) is 60.0 Å². The summed E-state index contributed by atoms with van der Waals surface area (Å²) in [6.45, 7) is 4.53.